The van der Waals surface area contributed by atoms with Crippen LogP contribution in [0.15, 0.2) is 48.5 Å². The van der Waals surface area contributed by atoms with E-state index in [1.807, 2.05) is 30.3 Å². The Morgan fingerprint density at radius 2 is 1.88 bits per heavy atom. The van der Waals surface area contributed by atoms with Crippen molar-refractivity contribution in [3.8, 4) is 5.75 Å². The second-order valence-electron chi connectivity index (χ2n) is 6.18. The zero-order valence-corrected chi connectivity index (χ0v) is 14.6. The summed E-state index contributed by atoms with van der Waals surface area (Å²) in [4.78, 5) is 10.7. The molecule has 2 aromatic rings. The van der Waals surface area contributed by atoms with Gasteiger partial charge in [-0.1, -0.05) is 50.2 Å². The maximum Gasteiger partial charge on any atom is 0.311 e. The van der Waals surface area contributed by atoms with Crippen molar-refractivity contribution in [3.63, 3.8) is 0 Å². The number of hydrogen-bond donors (Lipinski definition) is 1. The first kappa shape index (κ1) is 18.9. The Morgan fingerprint density at radius 1 is 1.12 bits per heavy atom. The molecule has 0 saturated carbocycles. The molecule has 0 atom stereocenters. The molecule has 0 radical (unpaired) electrons. The number of nitro benzene ring substituents is 1. The molecule has 0 fully saturated rings. The van der Waals surface area contributed by atoms with E-state index in [1.165, 1.54) is 6.07 Å². The van der Waals surface area contributed by atoms with Gasteiger partial charge in [0.15, 0.2) is 12.5 Å². The summed E-state index contributed by atoms with van der Waals surface area (Å²) in [6.45, 7) is 6.12. The average Bonchev–Trinajstić information content (AvgIpc) is 2.59. The monoisotopic (exact) mass is 344 g/mol. The molecule has 0 aliphatic rings. The lowest BCUT2D eigenvalue weighted by molar-refractivity contribution is -0.386. The van der Waals surface area contributed by atoms with Gasteiger partial charge in [-0.15, -0.1) is 0 Å². The SMILES string of the molecule is CC(C)CNCc1ccc([N+](=O)[O-])c(OCOCc2ccccc2)c1. The Hall–Kier alpha value is -2.44. The lowest BCUT2D eigenvalue weighted by atomic mass is 10.1. The van der Waals surface area contributed by atoms with Crippen LogP contribution >= 0.6 is 0 Å². The van der Waals surface area contributed by atoms with Crippen LogP contribution < -0.4 is 10.1 Å². The van der Waals surface area contributed by atoms with Crippen molar-refractivity contribution in [2.75, 3.05) is 13.3 Å². The summed E-state index contributed by atoms with van der Waals surface area (Å²) < 4.78 is 10.9. The molecule has 134 valence electrons. The molecule has 6 heteroatoms. The minimum Gasteiger partial charge on any atom is -0.460 e. The first-order valence-corrected chi connectivity index (χ1v) is 8.28. The van der Waals surface area contributed by atoms with E-state index in [2.05, 4.69) is 19.2 Å². The highest BCUT2D eigenvalue weighted by atomic mass is 16.7. The van der Waals surface area contributed by atoms with Crippen molar-refractivity contribution in [1.82, 2.24) is 5.32 Å². The zero-order valence-electron chi connectivity index (χ0n) is 14.6. The van der Waals surface area contributed by atoms with Gasteiger partial charge < -0.3 is 14.8 Å². The largest absolute Gasteiger partial charge is 0.460 e. The standard InChI is InChI=1S/C19H24N2O4/c1-15(2)11-20-12-17-8-9-18(21(22)23)19(10-17)25-14-24-13-16-6-4-3-5-7-16/h3-10,15,20H,11-14H2,1-2H3. The number of ether oxygens (including phenoxy) is 2. The van der Waals surface area contributed by atoms with E-state index >= 15 is 0 Å². The minimum absolute atomic E-state index is 0.0430. The van der Waals surface area contributed by atoms with Crippen molar-refractivity contribution >= 4 is 5.69 Å². The molecule has 1 N–H and O–H groups in total. The fourth-order valence-electron chi connectivity index (χ4n) is 2.28. The first-order chi connectivity index (χ1) is 12.1. The van der Waals surface area contributed by atoms with Gasteiger partial charge >= 0.3 is 5.69 Å². The van der Waals surface area contributed by atoms with Crippen molar-refractivity contribution in [2.45, 2.75) is 27.0 Å². The maximum absolute atomic E-state index is 11.2. The summed E-state index contributed by atoms with van der Waals surface area (Å²) in [6.07, 6.45) is 0. The van der Waals surface area contributed by atoms with Crippen LogP contribution in [-0.2, 0) is 17.9 Å². The number of benzene rings is 2. The summed E-state index contributed by atoms with van der Waals surface area (Å²) in [5, 5.41) is 14.5. The molecule has 0 saturated heterocycles. The summed E-state index contributed by atoms with van der Waals surface area (Å²) >= 11 is 0. The normalized spacial score (nSPS) is 10.8. The molecule has 0 aliphatic heterocycles. The Morgan fingerprint density at radius 3 is 2.56 bits per heavy atom. The molecular weight excluding hydrogens is 320 g/mol. The quantitative estimate of drug-likeness (QED) is 0.306. The molecule has 0 heterocycles. The molecule has 6 nitrogen and oxygen atoms in total. The van der Waals surface area contributed by atoms with Crippen LogP contribution in [0.1, 0.15) is 25.0 Å². The highest BCUT2D eigenvalue weighted by molar-refractivity contribution is 5.48. The van der Waals surface area contributed by atoms with E-state index in [1.54, 1.807) is 12.1 Å². The number of hydrogen-bond acceptors (Lipinski definition) is 5. The second kappa shape index (κ2) is 9.76. The van der Waals surface area contributed by atoms with E-state index in [9.17, 15) is 10.1 Å². The van der Waals surface area contributed by atoms with E-state index in [0.29, 0.717) is 19.1 Å². The van der Waals surface area contributed by atoms with Gasteiger partial charge in [-0.2, -0.15) is 0 Å². The fraction of sp³-hybridized carbons (Fsp3) is 0.368. The van der Waals surface area contributed by atoms with E-state index in [-0.39, 0.29) is 18.2 Å². The summed E-state index contributed by atoms with van der Waals surface area (Å²) in [5.74, 6) is 0.766. The Labute approximate surface area is 147 Å². The molecule has 0 unspecified atom stereocenters. The van der Waals surface area contributed by atoms with Crippen molar-refractivity contribution in [3.05, 3.63) is 69.8 Å². The zero-order chi connectivity index (χ0) is 18.1. The van der Waals surface area contributed by atoms with E-state index < -0.39 is 4.92 Å². The van der Waals surface area contributed by atoms with Gasteiger partial charge in [0.05, 0.1) is 11.5 Å². The number of nitrogens with zero attached hydrogens (tertiary/aromatic N) is 1. The molecule has 0 aromatic heterocycles. The number of nitro groups is 1. The Kier molecular flexibility index (Phi) is 7.37. The third-order valence-corrected chi connectivity index (χ3v) is 3.51. The molecule has 0 bridgehead atoms. The summed E-state index contributed by atoms with van der Waals surface area (Å²) in [6, 6.07) is 14.6. The lowest BCUT2D eigenvalue weighted by Crippen LogP contribution is -2.19. The van der Waals surface area contributed by atoms with Crippen molar-refractivity contribution in [1.29, 1.82) is 0 Å². The van der Waals surface area contributed by atoms with Gasteiger partial charge in [-0.25, -0.2) is 0 Å². The first-order valence-electron chi connectivity index (χ1n) is 8.28. The average molecular weight is 344 g/mol. The predicted molar refractivity (Wildman–Crippen MR) is 96.4 cm³/mol. The van der Waals surface area contributed by atoms with Crippen LogP contribution in [-0.4, -0.2) is 18.3 Å². The molecule has 0 spiro atoms. The Bertz CT molecular complexity index is 674. The van der Waals surface area contributed by atoms with E-state index in [0.717, 1.165) is 17.7 Å². The third kappa shape index (κ3) is 6.52. The smallest absolute Gasteiger partial charge is 0.311 e. The molecule has 2 aromatic carbocycles. The van der Waals surface area contributed by atoms with Gasteiger partial charge in [0, 0.05) is 12.6 Å². The van der Waals surface area contributed by atoms with Crippen molar-refractivity contribution < 1.29 is 14.4 Å². The second-order valence-corrected chi connectivity index (χ2v) is 6.18. The van der Waals surface area contributed by atoms with Crippen LogP contribution in [0, 0.1) is 16.0 Å². The lowest BCUT2D eigenvalue weighted by Gasteiger charge is -2.11. The van der Waals surface area contributed by atoms with Gasteiger partial charge in [0.2, 0.25) is 0 Å². The molecular formula is C19H24N2O4. The van der Waals surface area contributed by atoms with Gasteiger partial charge in [-0.05, 0) is 29.7 Å². The molecule has 0 aliphatic carbocycles. The van der Waals surface area contributed by atoms with Crippen LogP contribution in [0.5, 0.6) is 5.75 Å². The topological polar surface area (TPSA) is 73.6 Å². The number of rotatable bonds is 10. The number of nitrogens with one attached hydrogen (secondary N) is 1. The summed E-state index contributed by atoms with van der Waals surface area (Å²) in [7, 11) is 0. The highest BCUT2D eigenvalue weighted by Crippen LogP contribution is 2.28. The highest BCUT2D eigenvalue weighted by Gasteiger charge is 2.15. The Balaban J connectivity index is 1.92. The van der Waals surface area contributed by atoms with Crippen LogP contribution in [0.3, 0.4) is 0 Å². The minimum atomic E-state index is -0.447. The fourth-order valence-corrected chi connectivity index (χ4v) is 2.28. The van der Waals surface area contributed by atoms with Crippen LogP contribution in [0.25, 0.3) is 0 Å². The molecule has 25 heavy (non-hydrogen) atoms. The third-order valence-electron chi connectivity index (χ3n) is 3.51. The predicted octanol–water partition coefficient (Wildman–Crippen LogP) is 3.89. The van der Waals surface area contributed by atoms with Crippen LogP contribution in [0.4, 0.5) is 5.69 Å². The molecule has 0 amide bonds. The van der Waals surface area contributed by atoms with Crippen LogP contribution in [0.2, 0.25) is 0 Å². The van der Waals surface area contributed by atoms with Gasteiger partial charge in [-0.3, -0.25) is 10.1 Å². The van der Waals surface area contributed by atoms with Gasteiger partial charge in [0.25, 0.3) is 0 Å². The summed E-state index contributed by atoms with van der Waals surface area (Å²) in [5.41, 5.74) is 1.90. The maximum atomic E-state index is 11.2. The van der Waals surface area contributed by atoms with Gasteiger partial charge in [0.1, 0.15) is 0 Å². The molecule has 2 rings (SSSR count). The van der Waals surface area contributed by atoms with E-state index in [4.69, 9.17) is 9.47 Å². The van der Waals surface area contributed by atoms with Crippen molar-refractivity contribution in [2.24, 2.45) is 5.92 Å².